The van der Waals surface area contributed by atoms with Crippen LogP contribution >= 0.6 is 11.6 Å². The zero-order valence-corrected chi connectivity index (χ0v) is 20.0. The molecule has 2 aliphatic carbocycles. The standard InChI is InChI=1S/C21H24ClN7O3S/c1-12(18-23-10-14(22)11-24-18)13(2)33(30,31)28-20-27-26-19(15-5-4-6-17(25-15)32-3)29(20)16-9-21(16)7-8-21/h4-6,10-13,16H,7-9H2,1-3H3,(H,27,28)/t12-,13-,16-/m0/s1. The average Bonchev–Trinajstić information content (AvgIpc) is 3.71. The Morgan fingerprint density at radius 1 is 1.21 bits per heavy atom. The minimum atomic E-state index is -3.83. The topological polar surface area (TPSA) is 125 Å². The first kappa shape index (κ1) is 22.0. The van der Waals surface area contributed by atoms with Crippen molar-refractivity contribution in [2.24, 2.45) is 5.41 Å². The van der Waals surface area contributed by atoms with Crippen LogP contribution < -0.4 is 9.46 Å². The zero-order chi connectivity index (χ0) is 23.4. The van der Waals surface area contributed by atoms with Crippen LogP contribution in [0.1, 0.15) is 50.9 Å². The molecule has 2 aliphatic rings. The minimum absolute atomic E-state index is 0.139. The van der Waals surface area contributed by atoms with E-state index in [1.54, 1.807) is 27.0 Å². The van der Waals surface area contributed by atoms with Crippen LogP contribution in [0.25, 0.3) is 11.5 Å². The molecule has 0 aromatic carbocycles. The van der Waals surface area contributed by atoms with Gasteiger partial charge in [-0.15, -0.1) is 10.2 Å². The monoisotopic (exact) mass is 489 g/mol. The van der Waals surface area contributed by atoms with Crippen molar-refractivity contribution in [2.45, 2.75) is 50.3 Å². The summed E-state index contributed by atoms with van der Waals surface area (Å²) in [5.74, 6) is 1.10. The molecule has 12 heteroatoms. The van der Waals surface area contributed by atoms with E-state index >= 15 is 0 Å². The number of anilines is 1. The van der Waals surface area contributed by atoms with Crippen molar-refractivity contribution >= 4 is 27.6 Å². The SMILES string of the molecule is COc1cccc(-c2nnc(NS(=O)(=O)[C@@H](C)[C@H](C)c3ncc(Cl)cn3)n2[C@H]2CC23CC3)n1. The van der Waals surface area contributed by atoms with Gasteiger partial charge in [0.25, 0.3) is 0 Å². The van der Waals surface area contributed by atoms with Crippen molar-refractivity contribution in [1.82, 2.24) is 29.7 Å². The Morgan fingerprint density at radius 3 is 2.58 bits per heavy atom. The van der Waals surface area contributed by atoms with Crippen LogP contribution in [0.3, 0.4) is 0 Å². The van der Waals surface area contributed by atoms with E-state index in [1.807, 2.05) is 16.7 Å². The number of pyridine rings is 1. The van der Waals surface area contributed by atoms with Gasteiger partial charge in [0.15, 0.2) is 5.82 Å². The Balaban J connectivity index is 1.46. The van der Waals surface area contributed by atoms with Crippen molar-refractivity contribution in [1.29, 1.82) is 0 Å². The van der Waals surface area contributed by atoms with Gasteiger partial charge < -0.3 is 4.74 Å². The van der Waals surface area contributed by atoms with Gasteiger partial charge in [-0.05, 0) is 37.7 Å². The van der Waals surface area contributed by atoms with Gasteiger partial charge in [-0.3, -0.25) is 9.29 Å². The van der Waals surface area contributed by atoms with Crippen molar-refractivity contribution in [2.75, 3.05) is 11.8 Å². The number of ether oxygens (including phenoxy) is 1. The average molecular weight is 490 g/mol. The molecule has 2 fully saturated rings. The van der Waals surface area contributed by atoms with Crippen LogP contribution in [-0.2, 0) is 10.0 Å². The molecule has 174 valence electrons. The van der Waals surface area contributed by atoms with Gasteiger partial charge in [-0.25, -0.2) is 23.4 Å². The van der Waals surface area contributed by atoms with E-state index < -0.39 is 21.2 Å². The van der Waals surface area contributed by atoms with Crippen LogP contribution in [0.15, 0.2) is 30.6 Å². The zero-order valence-electron chi connectivity index (χ0n) is 18.4. The largest absolute Gasteiger partial charge is 0.481 e. The van der Waals surface area contributed by atoms with E-state index in [-0.39, 0.29) is 17.4 Å². The molecule has 3 aromatic rings. The molecule has 5 rings (SSSR count). The van der Waals surface area contributed by atoms with Crippen LogP contribution in [-0.4, -0.2) is 50.5 Å². The maximum atomic E-state index is 13.3. The Bertz CT molecular complexity index is 1290. The molecule has 0 radical (unpaired) electrons. The number of aromatic nitrogens is 6. The Labute approximate surface area is 196 Å². The van der Waals surface area contributed by atoms with E-state index in [1.165, 1.54) is 12.4 Å². The van der Waals surface area contributed by atoms with Gasteiger partial charge in [-0.1, -0.05) is 24.6 Å². The summed E-state index contributed by atoms with van der Waals surface area (Å²) < 4.78 is 36.4. The van der Waals surface area contributed by atoms with Crippen molar-refractivity contribution in [3.8, 4) is 17.4 Å². The molecule has 1 N–H and O–H groups in total. The summed E-state index contributed by atoms with van der Waals surface area (Å²) in [5.41, 5.74) is 0.803. The van der Waals surface area contributed by atoms with Crippen LogP contribution in [0, 0.1) is 5.41 Å². The van der Waals surface area contributed by atoms with Gasteiger partial charge >= 0.3 is 0 Å². The maximum Gasteiger partial charge on any atom is 0.238 e. The van der Waals surface area contributed by atoms with E-state index in [4.69, 9.17) is 16.3 Å². The van der Waals surface area contributed by atoms with Crippen molar-refractivity contribution < 1.29 is 13.2 Å². The number of rotatable bonds is 8. The number of nitrogens with zero attached hydrogens (tertiary/aromatic N) is 6. The smallest absolute Gasteiger partial charge is 0.238 e. The second kappa shape index (κ2) is 7.91. The van der Waals surface area contributed by atoms with Gasteiger partial charge in [0.05, 0.1) is 17.4 Å². The molecule has 3 aromatic heterocycles. The van der Waals surface area contributed by atoms with E-state index in [0.29, 0.717) is 28.2 Å². The molecule has 33 heavy (non-hydrogen) atoms. The molecule has 0 unspecified atom stereocenters. The lowest BCUT2D eigenvalue weighted by Gasteiger charge is -2.20. The summed E-state index contributed by atoms with van der Waals surface area (Å²) in [6, 6.07) is 5.52. The van der Waals surface area contributed by atoms with Crippen molar-refractivity contribution in [3.05, 3.63) is 41.4 Å². The van der Waals surface area contributed by atoms with E-state index in [0.717, 1.165) is 19.3 Å². The number of halogens is 1. The van der Waals surface area contributed by atoms with E-state index in [9.17, 15) is 8.42 Å². The third-order valence-electron chi connectivity index (χ3n) is 6.68. The maximum absolute atomic E-state index is 13.3. The Hall–Kier alpha value is -2.79. The fourth-order valence-electron chi connectivity index (χ4n) is 4.13. The summed E-state index contributed by atoms with van der Waals surface area (Å²) in [4.78, 5) is 12.8. The first-order chi connectivity index (χ1) is 15.7. The third-order valence-corrected chi connectivity index (χ3v) is 8.73. The van der Waals surface area contributed by atoms with Gasteiger partial charge in [0.1, 0.15) is 11.5 Å². The molecular formula is C21H24ClN7O3S. The molecule has 0 aliphatic heterocycles. The summed E-state index contributed by atoms with van der Waals surface area (Å²) in [6.45, 7) is 3.39. The Morgan fingerprint density at radius 2 is 1.94 bits per heavy atom. The number of nitrogens with one attached hydrogen (secondary N) is 1. The molecule has 1 spiro atoms. The highest BCUT2D eigenvalue weighted by Crippen LogP contribution is 2.73. The lowest BCUT2D eigenvalue weighted by molar-refractivity contribution is 0.398. The second-order valence-corrected chi connectivity index (χ2v) is 11.2. The van der Waals surface area contributed by atoms with Gasteiger partial charge in [0.2, 0.25) is 21.9 Å². The number of hydrogen-bond acceptors (Lipinski definition) is 8. The third kappa shape index (κ3) is 4.04. The number of hydrogen-bond donors (Lipinski definition) is 1. The van der Waals surface area contributed by atoms with Crippen LogP contribution in [0.2, 0.25) is 5.02 Å². The van der Waals surface area contributed by atoms with Crippen LogP contribution in [0.5, 0.6) is 5.88 Å². The predicted molar refractivity (Wildman–Crippen MR) is 123 cm³/mol. The highest BCUT2D eigenvalue weighted by atomic mass is 35.5. The summed E-state index contributed by atoms with van der Waals surface area (Å²) in [7, 11) is -2.28. The van der Waals surface area contributed by atoms with E-state index in [2.05, 4.69) is 29.9 Å². The highest BCUT2D eigenvalue weighted by molar-refractivity contribution is 7.93. The molecule has 3 atom stereocenters. The highest BCUT2D eigenvalue weighted by Gasteiger charge is 2.65. The fourth-order valence-corrected chi connectivity index (χ4v) is 5.47. The van der Waals surface area contributed by atoms with Crippen LogP contribution in [0.4, 0.5) is 5.95 Å². The molecule has 3 heterocycles. The molecule has 0 saturated heterocycles. The van der Waals surface area contributed by atoms with Gasteiger partial charge in [0, 0.05) is 30.4 Å². The first-order valence-corrected chi connectivity index (χ1v) is 12.6. The fraction of sp³-hybridized carbons (Fsp3) is 0.476. The lowest BCUT2D eigenvalue weighted by Crippen LogP contribution is -2.31. The van der Waals surface area contributed by atoms with Crippen molar-refractivity contribution in [3.63, 3.8) is 0 Å². The molecule has 10 nitrogen and oxygen atoms in total. The molecule has 0 bridgehead atoms. The summed E-state index contributed by atoms with van der Waals surface area (Å²) in [6.07, 6.45) is 6.13. The lowest BCUT2D eigenvalue weighted by atomic mass is 10.1. The molecule has 2 saturated carbocycles. The first-order valence-electron chi connectivity index (χ1n) is 10.7. The number of methoxy groups -OCH3 is 1. The summed E-state index contributed by atoms with van der Waals surface area (Å²) in [5, 5.41) is 8.08. The number of sulfonamides is 1. The molecule has 0 amide bonds. The quantitative estimate of drug-likeness (QED) is 0.510. The second-order valence-electron chi connectivity index (χ2n) is 8.77. The summed E-state index contributed by atoms with van der Waals surface area (Å²) >= 11 is 5.86. The van der Waals surface area contributed by atoms with Gasteiger partial charge in [-0.2, -0.15) is 0 Å². The normalized spacial score (nSPS) is 20.3. The molecular weight excluding hydrogens is 466 g/mol. The minimum Gasteiger partial charge on any atom is -0.481 e. The Kier molecular flexibility index (Phi) is 5.28. The predicted octanol–water partition coefficient (Wildman–Crippen LogP) is 3.45.